The lowest BCUT2D eigenvalue weighted by Gasteiger charge is -2.14. The van der Waals surface area contributed by atoms with Gasteiger partial charge in [-0.2, -0.15) is 19.7 Å². The van der Waals surface area contributed by atoms with E-state index < -0.39 is 0 Å². The third-order valence-electron chi connectivity index (χ3n) is 3.31. The van der Waals surface area contributed by atoms with Crippen LogP contribution in [-0.4, -0.2) is 49.3 Å². The van der Waals surface area contributed by atoms with Crippen LogP contribution in [0.2, 0.25) is 5.02 Å². The van der Waals surface area contributed by atoms with Crippen LogP contribution < -0.4 is 10.6 Å². The molecule has 0 aliphatic carbocycles. The number of tetrazole rings is 1. The Morgan fingerprint density at radius 1 is 1.12 bits per heavy atom. The Morgan fingerprint density at radius 3 is 2.50 bits per heavy atom. The van der Waals surface area contributed by atoms with Crippen LogP contribution in [0.5, 0.6) is 0 Å². The van der Waals surface area contributed by atoms with Gasteiger partial charge in [0.25, 0.3) is 0 Å². The van der Waals surface area contributed by atoms with E-state index in [-0.39, 0.29) is 12.0 Å². The van der Waals surface area contributed by atoms with Crippen LogP contribution in [0.3, 0.4) is 0 Å². The van der Waals surface area contributed by atoms with Gasteiger partial charge in [-0.3, -0.25) is 0 Å². The van der Waals surface area contributed by atoms with Crippen LogP contribution in [0.15, 0.2) is 24.3 Å². The average molecular weight is 346 g/mol. The van der Waals surface area contributed by atoms with Crippen molar-refractivity contribution in [3.05, 3.63) is 35.1 Å². The lowest BCUT2D eigenvalue weighted by Crippen LogP contribution is -2.20. The Labute approximate surface area is 143 Å². The van der Waals surface area contributed by atoms with Gasteiger partial charge in [0.1, 0.15) is 6.04 Å². The van der Waals surface area contributed by atoms with Crippen LogP contribution >= 0.6 is 11.6 Å². The number of benzene rings is 1. The van der Waals surface area contributed by atoms with E-state index in [2.05, 4.69) is 30.4 Å². The van der Waals surface area contributed by atoms with Crippen molar-refractivity contribution in [1.82, 2.24) is 35.2 Å². The summed E-state index contributed by atoms with van der Waals surface area (Å²) in [5, 5.41) is 13.2. The van der Waals surface area contributed by atoms with Crippen molar-refractivity contribution in [2.75, 3.05) is 24.7 Å². The summed E-state index contributed by atoms with van der Waals surface area (Å²) >= 11 is 5.89. The highest BCUT2D eigenvalue weighted by Crippen LogP contribution is 2.19. The van der Waals surface area contributed by atoms with Crippen molar-refractivity contribution >= 4 is 23.5 Å². The molecule has 124 valence electrons. The Balaban J connectivity index is 1.91. The minimum absolute atomic E-state index is 0.147. The van der Waals surface area contributed by atoms with Crippen molar-refractivity contribution in [3.8, 4) is 11.4 Å². The van der Waals surface area contributed by atoms with Gasteiger partial charge in [-0.1, -0.05) is 11.6 Å². The summed E-state index contributed by atoms with van der Waals surface area (Å²) in [5.41, 5.74) is 6.58. The molecule has 0 radical (unpaired) electrons. The maximum atomic E-state index is 5.89. The molecule has 3 rings (SSSR count). The molecule has 24 heavy (non-hydrogen) atoms. The summed E-state index contributed by atoms with van der Waals surface area (Å²) in [6.07, 6.45) is 0. The quantitative estimate of drug-likeness (QED) is 0.755. The predicted octanol–water partition coefficient (Wildman–Crippen LogP) is 1.44. The van der Waals surface area contributed by atoms with E-state index in [0.717, 1.165) is 5.56 Å². The fourth-order valence-electron chi connectivity index (χ4n) is 1.99. The van der Waals surface area contributed by atoms with Gasteiger partial charge >= 0.3 is 0 Å². The Morgan fingerprint density at radius 2 is 1.83 bits per heavy atom. The van der Waals surface area contributed by atoms with Crippen LogP contribution in [0.1, 0.15) is 18.8 Å². The predicted molar refractivity (Wildman–Crippen MR) is 90.6 cm³/mol. The third kappa shape index (κ3) is 3.25. The maximum absolute atomic E-state index is 5.89. The zero-order valence-corrected chi connectivity index (χ0v) is 14.2. The lowest BCUT2D eigenvalue weighted by molar-refractivity contribution is 0.461. The first kappa shape index (κ1) is 16.1. The highest BCUT2D eigenvalue weighted by atomic mass is 35.5. The molecule has 0 bridgehead atoms. The molecule has 0 amide bonds. The maximum Gasteiger partial charge on any atom is 0.229 e. The molecular formula is C14H16ClN9. The summed E-state index contributed by atoms with van der Waals surface area (Å²) in [5.74, 6) is 1.58. The second-order valence-corrected chi connectivity index (χ2v) is 5.80. The molecule has 1 aromatic carbocycles. The molecule has 3 aromatic rings. The first-order valence-electron chi connectivity index (χ1n) is 7.18. The number of nitrogen functional groups attached to an aromatic ring is 1. The number of rotatable bonds is 4. The number of hydrogen-bond acceptors (Lipinski definition) is 8. The molecule has 0 aliphatic rings. The van der Waals surface area contributed by atoms with Crippen LogP contribution in [0.25, 0.3) is 11.4 Å². The summed E-state index contributed by atoms with van der Waals surface area (Å²) in [4.78, 5) is 15.8. The van der Waals surface area contributed by atoms with Gasteiger partial charge in [0, 0.05) is 24.7 Å². The minimum Gasteiger partial charge on any atom is -0.368 e. The van der Waals surface area contributed by atoms with Crippen LogP contribution in [0.4, 0.5) is 11.9 Å². The lowest BCUT2D eigenvalue weighted by atomic mass is 10.2. The molecule has 0 saturated heterocycles. The summed E-state index contributed by atoms with van der Waals surface area (Å²) < 4.78 is 0. The van der Waals surface area contributed by atoms with Gasteiger partial charge in [0.2, 0.25) is 17.7 Å². The molecule has 0 aliphatic heterocycles. The SMILES string of the molecule is C[C@@H](c1nc(N)nc(N(C)C)n1)n1nnc(-c2ccc(Cl)cc2)n1. The first-order chi connectivity index (χ1) is 11.4. The molecule has 2 N–H and O–H groups in total. The number of nitrogens with zero attached hydrogens (tertiary/aromatic N) is 8. The van der Waals surface area contributed by atoms with E-state index >= 15 is 0 Å². The Kier molecular flexibility index (Phi) is 4.26. The molecule has 0 spiro atoms. The first-order valence-corrected chi connectivity index (χ1v) is 7.56. The minimum atomic E-state index is -0.345. The Hall–Kier alpha value is -2.81. The second kappa shape index (κ2) is 6.36. The zero-order valence-electron chi connectivity index (χ0n) is 13.4. The molecule has 2 heterocycles. The van der Waals surface area contributed by atoms with Crippen LogP contribution in [0, 0.1) is 0 Å². The van der Waals surface area contributed by atoms with E-state index in [9.17, 15) is 0 Å². The Bertz CT molecular complexity index is 844. The van der Waals surface area contributed by atoms with Crippen LogP contribution in [-0.2, 0) is 0 Å². The summed E-state index contributed by atoms with van der Waals surface area (Å²) in [7, 11) is 3.66. The molecular weight excluding hydrogens is 330 g/mol. The van der Waals surface area contributed by atoms with Crippen molar-refractivity contribution in [2.24, 2.45) is 0 Å². The fourth-order valence-corrected chi connectivity index (χ4v) is 2.12. The summed E-state index contributed by atoms with van der Waals surface area (Å²) in [6.45, 7) is 1.86. The number of nitrogens with two attached hydrogens (primary N) is 1. The zero-order chi connectivity index (χ0) is 17.3. The van der Waals surface area contributed by atoms with Crippen molar-refractivity contribution in [1.29, 1.82) is 0 Å². The largest absolute Gasteiger partial charge is 0.368 e. The van der Waals surface area contributed by atoms with Crippen molar-refractivity contribution < 1.29 is 0 Å². The smallest absolute Gasteiger partial charge is 0.229 e. The van der Waals surface area contributed by atoms with Gasteiger partial charge in [0.15, 0.2) is 5.82 Å². The van der Waals surface area contributed by atoms with Crippen molar-refractivity contribution in [3.63, 3.8) is 0 Å². The molecule has 1 atom stereocenters. The topological polar surface area (TPSA) is 112 Å². The van der Waals surface area contributed by atoms with E-state index in [1.165, 1.54) is 4.80 Å². The average Bonchev–Trinajstić information content (AvgIpc) is 3.04. The molecule has 0 unspecified atom stereocenters. The van der Waals surface area contributed by atoms with Gasteiger partial charge in [0.05, 0.1) is 0 Å². The number of anilines is 2. The van der Waals surface area contributed by atoms with E-state index in [4.69, 9.17) is 17.3 Å². The van der Waals surface area contributed by atoms with Gasteiger partial charge in [-0.15, -0.1) is 10.2 Å². The van der Waals surface area contributed by atoms with Gasteiger partial charge < -0.3 is 10.6 Å². The van der Waals surface area contributed by atoms with Gasteiger partial charge in [-0.05, 0) is 36.4 Å². The van der Waals surface area contributed by atoms with Crippen molar-refractivity contribution in [2.45, 2.75) is 13.0 Å². The summed E-state index contributed by atoms with van der Waals surface area (Å²) in [6, 6.07) is 6.87. The fraction of sp³-hybridized carbons (Fsp3) is 0.286. The molecule has 10 heteroatoms. The number of hydrogen-bond donors (Lipinski definition) is 1. The number of halogens is 1. The molecule has 0 saturated carbocycles. The van der Waals surface area contributed by atoms with E-state index in [1.807, 2.05) is 33.2 Å². The highest BCUT2D eigenvalue weighted by Gasteiger charge is 2.18. The normalized spacial score (nSPS) is 12.2. The third-order valence-corrected chi connectivity index (χ3v) is 3.56. The molecule has 2 aromatic heterocycles. The standard InChI is InChI=1S/C14H16ClN9/c1-8(11-17-13(16)19-14(18-11)23(2)3)24-21-12(20-22-24)9-4-6-10(15)7-5-9/h4-8H,1-3H3,(H2,16,17,18,19)/t8-/m0/s1. The second-order valence-electron chi connectivity index (χ2n) is 5.36. The van der Waals surface area contributed by atoms with E-state index in [0.29, 0.717) is 22.6 Å². The van der Waals surface area contributed by atoms with E-state index in [1.54, 1.807) is 17.0 Å². The molecule has 0 fully saturated rings. The van der Waals surface area contributed by atoms with Gasteiger partial charge in [-0.25, -0.2) is 0 Å². The highest BCUT2D eigenvalue weighted by molar-refractivity contribution is 6.30. The number of aromatic nitrogens is 7. The molecule has 9 nitrogen and oxygen atoms in total. The monoisotopic (exact) mass is 345 g/mol.